The second kappa shape index (κ2) is 6.85. The molecule has 0 aromatic heterocycles. The standard InChI is InChI=1S/C14H15NO6/c1-2-19-8-14(18)21-6-11(16)9-3-4-12-10(5-9)15-13(17)7-20-12/h3-5H,2,6-8H2,1H3,(H,15,17). The van der Waals surface area contributed by atoms with Crippen LogP contribution in [-0.2, 0) is 19.1 Å². The Labute approximate surface area is 121 Å². The molecule has 7 heteroatoms. The van der Waals surface area contributed by atoms with E-state index in [4.69, 9.17) is 14.2 Å². The van der Waals surface area contributed by atoms with Crippen molar-refractivity contribution >= 4 is 23.3 Å². The molecule has 0 radical (unpaired) electrons. The number of nitrogens with one attached hydrogen (secondary N) is 1. The first-order valence-electron chi connectivity index (χ1n) is 6.43. The lowest BCUT2D eigenvalue weighted by atomic mass is 10.1. The summed E-state index contributed by atoms with van der Waals surface area (Å²) in [7, 11) is 0. The highest BCUT2D eigenvalue weighted by molar-refractivity contribution is 6.01. The number of benzene rings is 1. The van der Waals surface area contributed by atoms with Gasteiger partial charge in [-0.2, -0.15) is 0 Å². The van der Waals surface area contributed by atoms with Gasteiger partial charge in [-0.15, -0.1) is 0 Å². The van der Waals surface area contributed by atoms with Crippen LogP contribution in [0.25, 0.3) is 0 Å². The topological polar surface area (TPSA) is 90.9 Å². The number of ketones is 1. The lowest BCUT2D eigenvalue weighted by molar-refractivity contribution is -0.147. The maximum Gasteiger partial charge on any atom is 0.332 e. The maximum absolute atomic E-state index is 11.9. The van der Waals surface area contributed by atoms with Crippen molar-refractivity contribution in [2.24, 2.45) is 0 Å². The van der Waals surface area contributed by atoms with Crippen molar-refractivity contribution < 1.29 is 28.6 Å². The van der Waals surface area contributed by atoms with Gasteiger partial charge in [0.1, 0.15) is 12.4 Å². The molecule has 0 saturated carbocycles. The van der Waals surface area contributed by atoms with Crippen molar-refractivity contribution in [1.29, 1.82) is 0 Å². The van der Waals surface area contributed by atoms with Crippen molar-refractivity contribution in [2.75, 3.05) is 31.7 Å². The van der Waals surface area contributed by atoms with Crippen molar-refractivity contribution in [1.82, 2.24) is 0 Å². The Balaban J connectivity index is 1.95. The molecule has 1 aliphatic heterocycles. The predicted molar refractivity (Wildman–Crippen MR) is 72.3 cm³/mol. The molecule has 0 saturated heterocycles. The van der Waals surface area contributed by atoms with Gasteiger partial charge in [-0.05, 0) is 25.1 Å². The van der Waals surface area contributed by atoms with Crippen LogP contribution in [0.1, 0.15) is 17.3 Å². The highest BCUT2D eigenvalue weighted by atomic mass is 16.6. The number of esters is 1. The van der Waals surface area contributed by atoms with E-state index in [0.717, 1.165) is 0 Å². The number of ether oxygens (including phenoxy) is 3. The smallest absolute Gasteiger partial charge is 0.332 e. The van der Waals surface area contributed by atoms with E-state index < -0.39 is 5.97 Å². The lowest BCUT2D eigenvalue weighted by Gasteiger charge is -2.18. The molecule has 1 amide bonds. The number of hydrogen-bond donors (Lipinski definition) is 1. The average molecular weight is 293 g/mol. The van der Waals surface area contributed by atoms with Gasteiger partial charge in [0.2, 0.25) is 0 Å². The summed E-state index contributed by atoms with van der Waals surface area (Å²) in [5.74, 6) is -0.753. The lowest BCUT2D eigenvalue weighted by Crippen LogP contribution is -2.25. The third kappa shape index (κ3) is 4.03. The number of anilines is 1. The van der Waals surface area contributed by atoms with Gasteiger partial charge in [-0.25, -0.2) is 4.79 Å². The number of carbonyl (C=O) groups excluding carboxylic acids is 3. The first-order chi connectivity index (χ1) is 10.1. The minimum absolute atomic E-state index is 0.0463. The Morgan fingerprint density at radius 2 is 2.14 bits per heavy atom. The number of fused-ring (bicyclic) bond motifs is 1. The van der Waals surface area contributed by atoms with Crippen LogP contribution in [0, 0.1) is 0 Å². The van der Waals surface area contributed by atoms with Crippen molar-refractivity contribution in [3.05, 3.63) is 23.8 Å². The molecular formula is C14H15NO6. The number of carbonyl (C=O) groups is 3. The van der Waals surface area contributed by atoms with Crippen LogP contribution < -0.4 is 10.1 Å². The maximum atomic E-state index is 11.9. The monoisotopic (exact) mass is 293 g/mol. The second-order valence-electron chi connectivity index (χ2n) is 4.27. The van der Waals surface area contributed by atoms with E-state index in [0.29, 0.717) is 23.6 Å². The van der Waals surface area contributed by atoms with Crippen LogP contribution in [0.3, 0.4) is 0 Å². The molecule has 112 valence electrons. The first kappa shape index (κ1) is 15.0. The van der Waals surface area contributed by atoms with Crippen molar-refractivity contribution in [3.8, 4) is 5.75 Å². The largest absolute Gasteiger partial charge is 0.482 e. The van der Waals surface area contributed by atoms with E-state index >= 15 is 0 Å². The number of rotatable bonds is 6. The quantitative estimate of drug-likeness (QED) is 0.615. The molecule has 0 unspecified atom stereocenters. The fraction of sp³-hybridized carbons (Fsp3) is 0.357. The third-order valence-corrected chi connectivity index (χ3v) is 2.72. The molecule has 2 rings (SSSR count). The number of Topliss-reactive ketones (excluding diaryl/α,β-unsaturated/α-hetero) is 1. The van der Waals surface area contributed by atoms with Gasteiger partial charge in [0.15, 0.2) is 19.0 Å². The van der Waals surface area contributed by atoms with Gasteiger partial charge in [0, 0.05) is 12.2 Å². The first-order valence-corrected chi connectivity index (χ1v) is 6.43. The molecule has 1 N–H and O–H groups in total. The summed E-state index contributed by atoms with van der Waals surface area (Å²) in [4.78, 5) is 34.4. The molecular weight excluding hydrogens is 278 g/mol. The number of hydrogen-bond acceptors (Lipinski definition) is 6. The Hall–Kier alpha value is -2.41. The van der Waals surface area contributed by atoms with Gasteiger partial charge in [0.05, 0.1) is 5.69 Å². The molecule has 1 aliphatic rings. The molecule has 7 nitrogen and oxygen atoms in total. The van der Waals surface area contributed by atoms with Crippen LogP contribution >= 0.6 is 0 Å². The van der Waals surface area contributed by atoms with Gasteiger partial charge >= 0.3 is 5.97 Å². The van der Waals surface area contributed by atoms with E-state index in [1.54, 1.807) is 19.1 Å². The molecule has 1 heterocycles. The SMILES string of the molecule is CCOCC(=O)OCC(=O)c1ccc2c(c1)NC(=O)CO2. The zero-order valence-corrected chi connectivity index (χ0v) is 11.5. The summed E-state index contributed by atoms with van der Waals surface area (Å²) >= 11 is 0. The third-order valence-electron chi connectivity index (χ3n) is 2.72. The average Bonchev–Trinajstić information content (AvgIpc) is 2.49. The molecule has 21 heavy (non-hydrogen) atoms. The summed E-state index contributed by atoms with van der Waals surface area (Å²) in [5, 5.41) is 2.60. The van der Waals surface area contributed by atoms with Gasteiger partial charge < -0.3 is 19.5 Å². The molecule has 1 aromatic carbocycles. The Morgan fingerprint density at radius 1 is 1.33 bits per heavy atom. The normalized spacial score (nSPS) is 12.9. The van der Waals surface area contributed by atoms with E-state index in [1.807, 2.05) is 0 Å². The summed E-state index contributed by atoms with van der Waals surface area (Å²) in [6.07, 6.45) is 0. The van der Waals surface area contributed by atoms with Crippen molar-refractivity contribution in [3.63, 3.8) is 0 Å². The summed E-state index contributed by atoms with van der Waals surface area (Å²) in [5.41, 5.74) is 0.751. The Kier molecular flexibility index (Phi) is 4.89. The Bertz CT molecular complexity index is 569. The van der Waals surface area contributed by atoms with Gasteiger partial charge in [0.25, 0.3) is 5.91 Å². The fourth-order valence-electron chi connectivity index (χ4n) is 1.71. The van der Waals surface area contributed by atoms with Gasteiger partial charge in [-0.3, -0.25) is 9.59 Å². The molecule has 0 spiro atoms. The minimum Gasteiger partial charge on any atom is -0.482 e. The van der Waals surface area contributed by atoms with E-state index in [1.165, 1.54) is 6.07 Å². The molecule has 0 fully saturated rings. The molecule has 0 aliphatic carbocycles. The van der Waals surface area contributed by atoms with Crippen LogP contribution in [0.2, 0.25) is 0 Å². The summed E-state index contributed by atoms with van der Waals surface area (Å²) in [6, 6.07) is 4.63. The van der Waals surface area contributed by atoms with Crippen LogP contribution in [0.4, 0.5) is 5.69 Å². The zero-order valence-electron chi connectivity index (χ0n) is 11.5. The fourth-order valence-corrected chi connectivity index (χ4v) is 1.71. The van der Waals surface area contributed by atoms with E-state index in [-0.39, 0.29) is 31.5 Å². The van der Waals surface area contributed by atoms with Crippen LogP contribution in [0.5, 0.6) is 5.75 Å². The van der Waals surface area contributed by atoms with E-state index in [2.05, 4.69) is 5.32 Å². The molecule has 1 aromatic rings. The highest BCUT2D eigenvalue weighted by Gasteiger charge is 2.18. The minimum atomic E-state index is -0.597. The van der Waals surface area contributed by atoms with Crippen LogP contribution in [-0.4, -0.2) is 44.1 Å². The second-order valence-corrected chi connectivity index (χ2v) is 4.27. The van der Waals surface area contributed by atoms with Gasteiger partial charge in [-0.1, -0.05) is 0 Å². The summed E-state index contributed by atoms with van der Waals surface area (Å²) in [6.45, 7) is 1.54. The number of amides is 1. The van der Waals surface area contributed by atoms with Crippen molar-refractivity contribution in [2.45, 2.75) is 6.92 Å². The Morgan fingerprint density at radius 3 is 2.90 bits per heavy atom. The molecule has 0 bridgehead atoms. The summed E-state index contributed by atoms with van der Waals surface area (Å²) < 4.78 is 14.9. The molecule has 0 atom stereocenters. The van der Waals surface area contributed by atoms with Crippen LogP contribution in [0.15, 0.2) is 18.2 Å². The predicted octanol–water partition coefficient (Wildman–Crippen LogP) is 0.780. The zero-order chi connectivity index (χ0) is 15.2. The highest BCUT2D eigenvalue weighted by Crippen LogP contribution is 2.28. The van der Waals surface area contributed by atoms with E-state index in [9.17, 15) is 14.4 Å².